The lowest BCUT2D eigenvalue weighted by Gasteiger charge is -2.31. The van der Waals surface area contributed by atoms with Crippen LogP contribution in [0.1, 0.15) is 56.2 Å². The second-order valence-electron chi connectivity index (χ2n) is 9.09. The Balaban J connectivity index is 2.23. The molecule has 2 aromatic carbocycles. The van der Waals surface area contributed by atoms with E-state index in [1.807, 2.05) is 52.0 Å². The quantitative estimate of drug-likeness (QED) is 0.398. The predicted octanol–water partition coefficient (Wildman–Crippen LogP) is 4.84. The molecule has 0 saturated carbocycles. The molecule has 2 rings (SSSR count). The third-order valence-corrected chi connectivity index (χ3v) is 7.42. The van der Waals surface area contributed by atoms with Crippen LogP contribution in [0.4, 0.5) is 5.69 Å². The number of nitrogens with zero attached hydrogens (tertiary/aromatic N) is 2. The first-order valence-electron chi connectivity index (χ1n) is 12.3. The maximum absolute atomic E-state index is 13.4. The first-order chi connectivity index (χ1) is 17.0. The van der Waals surface area contributed by atoms with Crippen LogP contribution in [0.5, 0.6) is 0 Å². The smallest absolute Gasteiger partial charge is 0.242 e. The Morgan fingerprint density at radius 2 is 1.72 bits per heavy atom. The molecule has 0 aliphatic carbocycles. The van der Waals surface area contributed by atoms with E-state index in [1.165, 1.54) is 4.31 Å². The van der Waals surface area contributed by atoms with Crippen molar-refractivity contribution in [1.82, 2.24) is 10.2 Å². The van der Waals surface area contributed by atoms with E-state index in [9.17, 15) is 18.0 Å². The number of rotatable bonds is 13. The average Bonchev–Trinajstić information content (AvgIpc) is 2.82. The summed E-state index contributed by atoms with van der Waals surface area (Å²) in [6.07, 6.45) is 2.83. The molecule has 0 radical (unpaired) electrons. The third kappa shape index (κ3) is 8.52. The molecule has 2 aromatic rings. The maximum atomic E-state index is 13.4. The summed E-state index contributed by atoms with van der Waals surface area (Å²) in [5.41, 5.74) is 3.32. The van der Waals surface area contributed by atoms with Gasteiger partial charge in [-0.25, -0.2) is 8.42 Å². The topological polar surface area (TPSA) is 86.8 Å². The van der Waals surface area contributed by atoms with E-state index >= 15 is 0 Å². The lowest BCUT2D eigenvalue weighted by atomic mass is 10.1. The highest BCUT2D eigenvalue weighted by Gasteiger charge is 2.28. The summed E-state index contributed by atoms with van der Waals surface area (Å²) in [5, 5.41) is 3.35. The number of sulfonamides is 1. The standard InChI is InChI=1S/C27H38ClN3O4S/c1-6-16-29-27(33)24(7-2)30(19-22-13-10-20(3)11-14-22)26(32)9-8-17-31(36(5,34)35)25-18-23(28)15-12-21(25)4/h10-15,18,24H,6-9,16-17,19H2,1-5H3,(H,29,33)/t24-/m0/s1. The van der Waals surface area contributed by atoms with Crippen LogP contribution >= 0.6 is 11.6 Å². The Labute approximate surface area is 220 Å². The molecule has 0 bridgehead atoms. The molecular formula is C27H38ClN3O4S. The minimum atomic E-state index is -3.59. The largest absolute Gasteiger partial charge is 0.354 e. The minimum absolute atomic E-state index is 0.106. The molecule has 0 spiro atoms. The Morgan fingerprint density at radius 3 is 2.31 bits per heavy atom. The SMILES string of the molecule is CCCNC(=O)[C@H](CC)N(Cc1ccc(C)cc1)C(=O)CCCN(c1cc(Cl)ccc1C)S(C)(=O)=O. The summed E-state index contributed by atoms with van der Waals surface area (Å²) in [5.74, 6) is -0.363. The fraction of sp³-hybridized carbons (Fsp3) is 0.481. The molecule has 9 heteroatoms. The molecule has 0 aromatic heterocycles. The summed E-state index contributed by atoms with van der Waals surface area (Å²) < 4.78 is 26.4. The van der Waals surface area contributed by atoms with Crippen molar-refractivity contribution in [2.24, 2.45) is 0 Å². The fourth-order valence-corrected chi connectivity index (χ4v) is 5.19. The van der Waals surface area contributed by atoms with Crippen molar-refractivity contribution in [2.45, 2.75) is 66.0 Å². The van der Waals surface area contributed by atoms with Crippen molar-refractivity contribution in [2.75, 3.05) is 23.7 Å². The van der Waals surface area contributed by atoms with Crippen molar-refractivity contribution in [3.8, 4) is 0 Å². The van der Waals surface area contributed by atoms with E-state index in [2.05, 4.69) is 5.32 Å². The zero-order valence-electron chi connectivity index (χ0n) is 21.9. The average molecular weight is 536 g/mol. The van der Waals surface area contributed by atoms with Crippen molar-refractivity contribution in [3.63, 3.8) is 0 Å². The highest BCUT2D eigenvalue weighted by Crippen LogP contribution is 2.27. The first kappa shape index (κ1) is 29.6. The molecule has 7 nitrogen and oxygen atoms in total. The third-order valence-electron chi connectivity index (χ3n) is 6.00. The molecule has 0 aliphatic rings. The Morgan fingerprint density at radius 1 is 1.06 bits per heavy atom. The normalized spacial score (nSPS) is 12.2. The molecule has 1 atom stereocenters. The number of carbonyl (C=O) groups excluding carboxylic acids is 2. The number of aryl methyl sites for hydroxylation is 2. The molecule has 0 aliphatic heterocycles. The number of halogens is 1. The molecule has 0 unspecified atom stereocenters. The van der Waals surface area contributed by atoms with Gasteiger partial charge in [0.1, 0.15) is 6.04 Å². The predicted molar refractivity (Wildman–Crippen MR) is 147 cm³/mol. The van der Waals surface area contributed by atoms with Gasteiger partial charge in [0.2, 0.25) is 21.8 Å². The zero-order valence-corrected chi connectivity index (χ0v) is 23.5. The maximum Gasteiger partial charge on any atom is 0.242 e. The second kappa shape index (κ2) is 13.7. The summed E-state index contributed by atoms with van der Waals surface area (Å²) >= 11 is 6.12. The Kier molecular flexibility index (Phi) is 11.2. The van der Waals surface area contributed by atoms with Crippen LogP contribution in [-0.4, -0.2) is 50.5 Å². The van der Waals surface area contributed by atoms with Gasteiger partial charge in [-0.15, -0.1) is 0 Å². The van der Waals surface area contributed by atoms with E-state index in [0.717, 1.165) is 29.4 Å². The van der Waals surface area contributed by atoms with Crippen LogP contribution < -0.4 is 9.62 Å². The second-order valence-corrected chi connectivity index (χ2v) is 11.4. The van der Waals surface area contributed by atoms with Crippen LogP contribution in [0.25, 0.3) is 0 Å². The van der Waals surface area contributed by atoms with Crippen LogP contribution in [0.2, 0.25) is 5.02 Å². The highest BCUT2D eigenvalue weighted by atomic mass is 35.5. The number of benzene rings is 2. The van der Waals surface area contributed by atoms with Crippen LogP contribution in [0.15, 0.2) is 42.5 Å². The molecule has 198 valence electrons. The van der Waals surface area contributed by atoms with Crippen molar-refractivity contribution < 1.29 is 18.0 Å². The van der Waals surface area contributed by atoms with Gasteiger partial charge in [0.15, 0.2) is 0 Å². The lowest BCUT2D eigenvalue weighted by molar-refractivity contribution is -0.141. The lowest BCUT2D eigenvalue weighted by Crippen LogP contribution is -2.49. The van der Waals surface area contributed by atoms with Gasteiger partial charge in [-0.2, -0.15) is 0 Å². The number of amides is 2. The van der Waals surface area contributed by atoms with Crippen LogP contribution in [0, 0.1) is 13.8 Å². The van der Waals surface area contributed by atoms with Gasteiger partial charge < -0.3 is 10.2 Å². The number of nitrogens with one attached hydrogen (secondary N) is 1. The van der Waals surface area contributed by atoms with Gasteiger partial charge in [0.05, 0.1) is 11.9 Å². The van der Waals surface area contributed by atoms with E-state index in [1.54, 1.807) is 23.1 Å². The fourth-order valence-electron chi connectivity index (χ4n) is 4.01. The van der Waals surface area contributed by atoms with E-state index in [4.69, 9.17) is 11.6 Å². The van der Waals surface area contributed by atoms with Gasteiger partial charge in [-0.1, -0.05) is 61.3 Å². The van der Waals surface area contributed by atoms with Crippen molar-refractivity contribution in [3.05, 3.63) is 64.2 Å². The molecular weight excluding hydrogens is 498 g/mol. The van der Waals surface area contributed by atoms with Crippen LogP contribution in [0.3, 0.4) is 0 Å². The van der Waals surface area contributed by atoms with Gasteiger partial charge >= 0.3 is 0 Å². The summed E-state index contributed by atoms with van der Waals surface area (Å²) in [6, 6.07) is 12.4. The monoisotopic (exact) mass is 535 g/mol. The van der Waals surface area contributed by atoms with Gasteiger partial charge in [-0.05, 0) is 56.4 Å². The molecule has 0 heterocycles. The number of anilines is 1. The van der Waals surface area contributed by atoms with E-state index in [0.29, 0.717) is 36.6 Å². The van der Waals surface area contributed by atoms with Gasteiger partial charge in [0, 0.05) is 31.1 Å². The van der Waals surface area contributed by atoms with Gasteiger partial charge in [-0.3, -0.25) is 13.9 Å². The van der Waals surface area contributed by atoms with Crippen LogP contribution in [-0.2, 0) is 26.2 Å². The van der Waals surface area contributed by atoms with Crippen molar-refractivity contribution >= 4 is 39.1 Å². The van der Waals surface area contributed by atoms with Crippen molar-refractivity contribution in [1.29, 1.82) is 0 Å². The summed E-state index contributed by atoms with van der Waals surface area (Å²) in [7, 11) is -3.59. The minimum Gasteiger partial charge on any atom is -0.354 e. The molecule has 0 fully saturated rings. The molecule has 2 amide bonds. The molecule has 1 N–H and O–H groups in total. The van der Waals surface area contributed by atoms with E-state index in [-0.39, 0.29) is 24.8 Å². The Hall–Kier alpha value is -2.58. The highest BCUT2D eigenvalue weighted by molar-refractivity contribution is 7.92. The number of hydrogen-bond donors (Lipinski definition) is 1. The molecule has 36 heavy (non-hydrogen) atoms. The number of carbonyl (C=O) groups is 2. The van der Waals surface area contributed by atoms with Gasteiger partial charge in [0.25, 0.3) is 0 Å². The van der Waals surface area contributed by atoms with E-state index < -0.39 is 16.1 Å². The Bertz CT molecular complexity index is 1140. The number of hydrogen-bond acceptors (Lipinski definition) is 4. The zero-order chi connectivity index (χ0) is 26.9. The molecule has 0 saturated heterocycles. The first-order valence-corrected chi connectivity index (χ1v) is 14.6. The summed E-state index contributed by atoms with van der Waals surface area (Å²) in [4.78, 5) is 27.9. The summed E-state index contributed by atoms with van der Waals surface area (Å²) in [6.45, 7) is 8.66.